The van der Waals surface area contributed by atoms with E-state index in [9.17, 15) is 10.1 Å². The van der Waals surface area contributed by atoms with Crippen molar-refractivity contribution in [3.05, 3.63) is 48.7 Å². The van der Waals surface area contributed by atoms with E-state index in [0.717, 1.165) is 49.5 Å². The van der Waals surface area contributed by atoms with Gasteiger partial charge in [-0.25, -0.2) is 14.5 Å². The van der Waals surface area contributed by atoms with Crippen molar-refractivity contribution in [3.8, 4) is 28.6 Å². The van der Waals surface area contributed by atoms with Gasteiger partial charge in [-0.15, -0.1) is 0 Å². The predicted molar refractivity (Wildman–Crippen MR) is 133 cm³/mol. The Bertz CT molecular complexity index is 1450. The van der Waals surface area contributed by atoms with Gasteiger partial charge in [-0.05, 0) is 25.1 Å². The lowest BCUT2D eigenvalue weighted by Crippen LogP contribution is -2.50. The number of carbonyl (C=O) groups is 1. The van der Waals surface area contributed by atoms with Gasteiger partial charge in [0.05, 0.1) is 35.9 Å². The summed E-state index contributed by atoms with van der Waals surface area (Å²) in [5.74, 6) is 1.24. The van der Waals surface area contributed by atoms with Gasteiger partial charge in [0.15, 0.2) is 0 Å². The van der Waals surface area contributed by atoms with Crippen LogP contribution in [-0.2, 0) is 11.8 Å². The summed E-state index contributed by atoms with van der Waals surface area (Å²) in [6.45, 7) is 4.62. The lowest BCUT2D eigenvalue weighted by Gasteiger charge is -2.36. The van der Waals surface area contributed by atoms with Gasteiger partial charge >= 0.3 is 0 Å². The SMILES string of the molecule is Cn1cc(-c2cn3ncc(C#N)c3c(-c3ccc(N4CCN(C(=O)[C@@H]5CCNC5)CC4)nc3)n2)cn1. The molecule has 0 radical (unpaired) electrons. The van der Waals surface area contributed by atoms with Crippen molar-refractivity contribution in [2.45, 2.75) is 6.42 Å². The number of hydrogen-bond acceptors (Lipinski definition) is 8. The number of pyridine rings is 1. The molecule has 11 nitrogen and oxygen atoms in total. The Morgan fingerprint density at radius 3 is 2.61 bits per heavy atom. The Balaban J connectivity index is 1.25. The van der Waals surface area contributed by atoms with Crippen molar-refractivity contribution in [3.63, 3.8) is 0 Å². The molecular weight excluding hydrogens is 456 g/mol. The number of rotatable bonds is 4. The zero-order valence-corrected chi connectivity index (χ0v) is 20.0. The molecule has 0 saturated carbocycles. The van der Waals surface area contributed by atoms with Gasteiger partial charge in [0, 0.05) is 63.3 Å². The fraction of sp³-hybridized carbons (Fsp3) is 0.360. The van der Waals surface area contributed by atoms with E-state index in [1.165, 1.54) is 0 Å². The number of fused-ring (bicyclic) bond motifs is 1. The quantitative estimate of drug-likeness (QED) is 0.463. The first-order valence-corrected chi connectivity index (χ1v) is 12.1. The first-order valence-electron chi connectivity index (χ1n) is 12.1. The van der Waals surface area contributed by atoms with Crippen molar-refractivity contribution in [2.75, 3.05) is 44.2 Å². The lowest BCUT2D eigenvalue weighted by atomic mass is 10.1. The number of hydrogen-bond donors (Lipinski definition) is 1. The largest absolute Gasteiger partial charge is 0.353 e. The third kappa shape index (κ3) is 3.95. The minimum absolute atomic E-state index is 0.113. The zero-order chi connectivity index (χ0) is 24.6. The van der Waals surface area contributed by atoms with Crippen LogP contribution in [-0.4, -0.2) is 79.4 Å². The Labute approximate surface area is 208 Å². The van der Waals surface area contributed by atoms with Gasteiger partial charge in [0.2, 0.25) is 5.91 Å². The molecule has 1 N–H and O–H groups in total. The summed E-state index contributed by atoms with van der Waals surface area (Å²) in [5.41, 5.74) is 4.12. The van der Waals surface area contributed by atoms with Crippen molar-refractivity contribution in [1.29, 1.82) is 5.26 Å². The van der Waals surface area contributed by atoms with Crippen LogP contribution in [0.4, 0.5) is 5.82 Å². The van der Waals surface area contributed by atoms with Gasteiger partial charge in [0.25, 0.3) is 0 Å². The average molecular weight is 483 g/mol. The number of nitrogens with one attached hydrogen (secondary N) is 1. The Kier molecular flexibility index (Phi) is 5.58. The fourth-order valence-corrected chi connectivity index (χ4v) is 4.98. The van der Waals surface area contributed by atoms with Crippen LogP contribution in [0.3, 0.4) is 0 Å². The van der Waals surface area contributed by atoms with Crippen molar-refractivity contribution in [2.24, 2.45) is 13.0 Å². The molecule has 1 atom stereocenters. The molecule has 0 aromatic carbocycles. The summed E-state index contributed by atoms with van der Waals surface area (Å²) >= 11 is 0. The maximum Gasteiger partial charge on any atom is 0.227 e. The second-order valence-electron chi connectivity index (χ2n) is 9.25. The van der Waals surface area contributed by atoms with Crippen LogP contribution in [0.15, 0.2) is 43.1 Å². The van der Waals surface area contributed by atoms with E-state index in [1.807, 2.05) is 30.3 Å². The highest BCUT2D eigenvalue weighted by Gasteiger charge is 2.29. The first-order chi connectivity index (χ1) is 17.6. The molecule has 0 unspecified atom stereocenters. The highest BCUT2D eigenvalue weighted by atomic mass is 16.2. The molecule has 0 aliphatic carbocycles. The number of carbonyl (C=O) groups excluding carboxylic acids is 1. The van der Waals surface area contributed by atoms with Crippen LogP contribution >= 0.6 is 0 Å². The average Bonchev–Trinajstić information content (AvgIpc) is 3.69. The molecule has 2 aliphatic heterocycles. The molecule has 182 valence electrons. The second-order valence-corrected chi connectivity index (χ2v) is 9.25. The summed E-state index contributed by atoms with van der Waals surface area (Å²) in [4.78, 5) is 26.5. The minimum Gasteiger partial charge on any atom is -0.353 e. The van der Waals surface area contributed by atoms with Crippen molar-refractivity contribution < 1.29 is 4.79 Å². The summed E-state index contributed by atoms with van der Waals surface area (Å²) in [5, 5.41) is 21.5. The number of anilines is 1. The van der Waals surface area contributed by atoms with Crippen LogP contribution in [0.25, 0.3) is 28.0 Å². The maximum absolute atomic E-state index is 12.7. The molecule has 11 heteroatoms. The molecule has 6 rings (SSSR count). The number of aryl methyl sites for hydroxylation is 1. The first kappa shape index (κ1) is 22.2. The minimum atomic E-state index is 0.113. The van der Waals surface area contributed by atoms with Crippen LogP contribution < -0.4 is 10.2 Å². The lowest BCUT2D eigenvalue weighted by molar-refractivity contribution is -0.135. The molecular formula is C25H26N10O. The topological polar surface area (TPSA) is 120 Å². The number of piperazine rings is 1. The van der Waals surface area contributed by atoms with E-state index in [4.69, 9.17) is 9.97 Å². The molecule has 36 heavy (non-hydrogen) atoms. The predicted octanol–water partition coefficient (Wildman–Crippen LogP) is 1.32. The Morgan fingerprint density at radius 2 is 1.94 bits per heavy atom. The Hall–Kier alpha value is -4.30. The maximum atomic E-state index is 12.7. The van der Waals surface area contributed by atoms with Crippen molar-refractivity contribution >= 4 is 17.2 Å². The van der Waals surface area contributed by atoms with Crippen LogP contribution in [0, 0.1) is 17.2 Å². The summed E-state index contributed by atoms with van der Waals surface area (Å²) < 4.78 is 3.41. The number of nitriles is 1. The zero-order valence-electron chi connectivity index (χ0n) is 20.0. The van der Waals surface area contributed by atoms with E-state index in [2.05, 4.69) is 26.5 Å². The van der Waals surface area contributed by atoms with Gasteiger partial charge in [0.1, 0.15) is 23.0 Å². The summed E-state index contributed by atoms with van der Waals surface area (Å²) in [7, 11) is 1.86. The normalized spacial score (nSPS) is 18.1. The van der Waals surface area contributed by atoms with Gasteiger partial charge < -0.3 is 15.1 Å². The molecule has 2 aliphatic rings. The highest BCUT2D eigenvalue weighted by Crippen LogP contribution is 2.29. The highest BCUT2D eigenvalue weighted by molar-refractivity contribution is 5.83. The summed E-state index contributed by atoms with van der Waals surface area (Å²) in [6.07, 6.45) is 9.72. The Morgan fingerprint density at radius 1 is 1.08 bits per heavy atom. The smallest absolute Gasteiger partial charge is 0.227 e. The molecule has 4 aromatic heterocycles. The van der Waals surface area contributed by atoms with Gasteiger partial charge in [-0.2, -0.15) is 15.5 Å². The van der Waals surface area contributed by atoms with Crippen LogP contribution in [0.2, 0.25) is 0 Å². The van der Waals surface area contributed by atoms with Gasteiger partial charge in [-0.3, -0.25) is 9.48 Å². The second kappa shape index (κ2) is 9.05. The number of amides is 1. The molecule has 4 aromatic rings. The molecule has 0 bridgehead atoms. The third-order valence-corrected chi connectivity index (χ3v) is 6.96. The van der Waals surface area contributed by atoms with E-state index in [1.54, 1.807) is 34.0 Å². The fourth-order valence-electron chi connectivity index (χ4n) is 4.98. The standard InChI is InChI=1S/C25H26N10O/c1-32-15-20(14-29-32)21-16-35-24(19(10-26)13-30-35)23(31-21)17-2-3-22(28-12-17)33-6-8-34(9-7-33)25(36)18-4-5-27-11-18/h2-3,12-16,18,27H,4-9,11H2,1H3/t18-/m1/s1. The number of aromatic nitrogens is 6. The molecule has 0 spiro atoms. The molecule has 2 fully saturated rings. The molecule has 1 amide bonds. The third-order valence-electron chi connectivity index (χ3n) is 6.96. The molecule has 6 heterocycles. The summed E-state index contributed by atoms with van der Waals surface area (Å²) in [6, 6.07) is 6.17. The van der Waals surface area contributed by atoms with E-state index in [-0.39, 0.29) is 11.8 Å². The van der Waals surface area contributed by atoms with Crippen LogP contribution in [0.1, 0.15) is 12.0 Å². The van der Waals surface area contributed by atoms with E-state index < -0.39 is 0 Å². The van der Waals surface area contributed by atoms with Crippen LogP contribution in [0.5, 0.6) is 0 Å². The van der Waals surface area contributed by atoms with E-state index >= 15 is 0 Å². The molecule has 2 saturated heterocycles. The van der Waals surface area contributed by atoms with E-state index in [0.29, 0.717) is 35.6 Å². The van der Waals surface area contributed by atoms with Crippen molar-refractivity contribution in [1.82, 2.24) is 39.6 Å². The number of nitrogens with zero attached hydrogens (tertiary/aromatic N) is 9. The monoisotopic (exact) mass is 482 g/mol. The van der Waals surface area contributed by atoms with Gasteiger partial charge in [-0.1, -0.05) is 0 Å².